The Balaban J connectivity index is 3.47. The summed E-state index contributed by atoms with van der Waals surface area (Å²) >= 11 is 0. The SMILES string of the molecule is [B]P(C)(=O)O. The monoisotopic (exact) mass is 90.0 g/mol. The highest BCUT2D eigenvalue weighted by Gasteiger charge is 1.91. The fourth-order valence-electron chi connectivity index (χ4n) is 0. The molecule has 0 aromatic carbocycles. The van der Waals surface area contributed by atoms with Gasteiger partial charge in [-0.15, -0.1) is 0 Å². The maximum Gasteiger partial charge on any atom is 0.201 e. The first kappa shape index (κ1) is 5.25. The van der Waals surface area contributed by atoms with Gasteiger partial charge in [0.15, 0.2) is 0 Å². The van der Waals surface area contributed by atoms with Gasteiger partial charge in [0.1, 0.15) is 7.25 Å². The Bertz CT molecular complexity index is 55.8. The largest absolute Gasteiger partial charge is 0.352 e. The molecule has 0 aliphatic carbocycles. The van der Waals surface area contributed by atoms with Crippen LogP contribution in [0.1, 0.15) is 0 Å². The van der Waals surface area contributed by atoms with E-state index in [2.05, 4.69) is 7.57 Å². The first-order chi connectivity index (χ1) is 2.00. The Labute approximate surface area is 32.0 Å². The van der Waals surface area contributed by atoms with Crippen LogP contribution in [0.4, 0.5) is 0 Å². The highest BCUT2D eigenvalue weighted by atomic mass is 31.2. The summed E-state index contributed by atoms with van der Waals surface area (Å²) in [5.74, 6) is 0. The third-order valence-corrected chi connectivity index (χ3v) is 0. The lowest BCUT2D eigenvalue weighted by molar-refractivity contribution is 0.502. The molecule has 0 spiro atoms. The van der Waals surface area contributed by atoms with Crippen LogP contribution in [-0.4, -0.2) is 19.1 Å². The van der Waals surface area contributed by atoms with Gasteiger partial charge in [0.05, 0.1) is 0 Å². The highest BCUT2D eigenvalue weighted by molar-refractivity contribution is 7.82. The van der Waals surface area contributed by atoms with Crippen LogP contribution < -0.4 is 0 Å². The van der Waals surface area contributed by atoms with E-state index in [1.54, 1.807) is 0 Å². The van der Waals surface area contributed by atoms with Crippen LogP contribution in [0, 0.1) is 0 Å². The molecule has 0 aliphatic heterocycles. The minimum Gasteiger partial charge on any atom is -0.352 e. The molecule has 0 aromatic rings. The van der Waals surface area contributed by atoms with Gasteiger partial charge in [-0.25, -0.2) is 0 Å². The van der Waals surface area contributed by atoms with Crippen LogP contribution in [-0.2, 0) is 4.57 Å². The van der Waals surface area contributed by atoms with Crippen LogP contribution in [0.15, 0.2) is 0 Å². The van der Waals surface area contributed by atoms with Gasteiger partial charge in [0.25, 0.3) is 0 Å². The summed E-state index contributed by atoms with van der Waals surface area (Å²) in [5.41, 5.74) is 0. The summed E-state index contributed by atoms with van der Waals surface area (Å²) < 4.78 is 9.55. The molecular weight excluding hydrogens is 85.8 g/mol. The maximum atomic E-state index is 9.55. The Kier molecular flexibility index (Phi) is 1.21. The van der Waals surface area contributed by atoms with E-state index in [9.17, 15) is 4.57 Å². The molecule has 1 N–H and O–H groups in total. The topological polar surface area (TPSA) is 37.3 Å². The Hall–Kier alpha value is 0.255. The molecule has 0 aromatic heterocycles. The van der Waals surface area contributed by atoms with Crippen molar-refractivity contribution in [3.63, 3.8) is 0 Å². The summed E-state index contributed by atoms with van der Waals surface area (Å²) in [6, 6.07) is 0. The molecule has 0 heterocycles. The second-order valence-electron chi connectivity index (χ2n) is 0.943. The summed E-state index contributed by atoms with van der Waals surface area (Å²) in [6.07, 6.45) is 0. The van der Waals surface area contributed by atoms with E-state index in [4.69, 9.17) is 4.89 Å². The maximum absolute atomic E-state index is 9.55. The Morgan fingerprint density at radius 1 is 2.00 bits per heavy atom. The first-order valence-corrected chi connectivity index (χ1v) is 3.26. The minimum absolute atomic E-state index is 1.08. The second-order valence-corrected chi connectivity index (χ2v) is 2.83. The van der Waals surface area contributed by atoms with Crippen LogP contribution in [0.2, 0.25) is 0 Å². The molecule has 28 valence electrons. The fourth-order valence-corrected chi connectivity index (χ4v) is 0. The Morgan fingerprint density at radius 3 is 2.00 bits per heavy atom. The van der Waals surface area contributed by atoms with Gasteiger partial charge in [-0.3, -0.25) is 0 Å². The molecule has 0 saturated heterocycles. The van der Waals surface area contributed by atoms with E-state index in [1.165, 1.54) is 0 Å². The van der Waals surface area contributed by atoms with Crippen molar-refractivity contribution in [1.82, 2.24) is 0 Å². The standard InChI is InChI=1S/CH4BO2P/c1-5(2,3)4/h1H3,(H,3,4). The average Bonchev–Trinajstić information content (AvgIpc) is 0.722. The minimum atomic E-state index is -3.14. The molecule has 1 unspecified atom stereocenters. The third kappa shape index (κ3) is 333. The lowest BCUT2D eigenvalue weighted by atomic mass is 10.8. The van der Waals surface area contributed by atoms with E-state index >= 15 is 0 Å². The van der Waals surface area contributed by atoms with Crippen LogP contribution in [0.25, 0.3) is 0 Å². The zero-order valence-electron chi connectivity index (χ0n) is 2.88. The molecule has 1 atom stereocenters. The van der Waals surface area contributed by atoms with Gasteiger partial charge in [0, 0.05) is 6.66 Å². The molecule has 0 bridgehead atoms. The molecule has 2 nitrogen and oxygen atoms in total. The summed E-state index contributed by atoms with van der Waals surface area (Å²) in [5, 5.41) is 0. The van der Waals surface area contributed by atoms with Gasteiger partial charge < -0.3 is 9.46 Å². The first-order valence-electron chi connectivity index (χ1n) is 1.09. The lowest BCUT2D eigenvalue weighted by Crippen LogP contribution is -1.66. The molecule has 0 aliphatic rings. The molecule has 0 amide bonds. The molecule has 0 saturated carbocycles. The zero-order chi connectivity index (χ0) is 4.50. The molecule has 5 heavy (non-hydrogen) atoms. The zero-order valence-corrected chi connectivity index (χ0v) is 3.77. The van der Waals surface area contributed by atoms with Crippen molar-refractivity contribution in [2.75, 3.05) is 6.66 Å². The average molecular weight is 89.8 g/mol. The van der Waals surface area contributed by atoms with E-state index in [1.807, 2.05) is 0 Å². The van der Waals surface area contributed by atoms with E-state index < -0.39 is 7.25 Å². The molecule has 4 heteroatoms. The smallest absolute Gasteiger partial charge is 0.201 e. The van der Waals surface area contributed by atoms with Gasteiger partial charge in [-0.2, -0.15) is 0 Å². The molecule has 2 radical (unpaired) electrons. The summed E-state index contributed by atoms with van der Waals surface area (Å²) in [7, 11) is 1.33. The number of hydrogen-bond donors (Lipinski definition) is 1. The van der Waals surface area contributed by atoms with Gasteiger partial charge in [0.2, 0.25) is 7.57 Å². The van der Waals surface area contributed by atoms with Crippen molar-refractivity contribution in [3.8, 4) is 0 Å². The quantitative estimate of drug-likeness (QED) is 0.335. The van der Waals surface area contributed by atoms with Gasteiger partial charge >= 0.3 is 0 Å². The van der Waals surface area contributed by atoms with Crippen molar-refractivity contribution in [1.29, 1.82) is 0 Å². The van der Waals surface area contributed by atoms with Crippen molar-refractivity contribution >= 4 is 14.8 Å². The summed E-state index contributed by atoms with van der Waals surface area (Å²) in [6.45, 7) is 1.08. The normalized spacial score (nSPS) is 21.2. The van der Waals surface area contributed by atoms with Gasteiger partial charge in [-0.1, -0.05) is 0 Å². The number of rotatable bonds is 0. The van der Waals surface area contributed by atoms with Crippen molar-refractivity contribution in [2.24, 2.45) is 0 Å². The molecule has 0 rings (SSSR count). The van der Waals surface area contributed by atoms with Crippen LogP contribution in [0.5, 0.6) is 0 Å². The van der Waals surface area contributed by atoms with E-state index in [0.29, 0.717) is 0 Å². The fraction of sp³-hybridized carbons (Fsp3) is 1.00. The summed E-state index contributed by atoms with van der Waals surface area (Å²) in [4.78, 5) is 7.85. The van der Waals surface area contributed by atoms with Crippen molar-refractivity contribution < 1.29 is 9.46 Å². The van der Waals surface area contributed by atoms with E-state index in [0.717, 1.165) is 6.66 Å². The van der Waals surface area contributed by atoms with Crippen LogP contribution >= 0.6 is 7.25 Å². The third-order valence-electron chi connectivity index (χ3n) is 0. The second kappa shape index (κ2) is 1.15. The van der Waals surface area contributed by atoms with E-state index in [-0.39, 0.29) is 0 Å². The van der Waals surface area contributed by atoms with Crippen LogP contribution in [0.3, 0.4) is 0 Å². The lowest BCUT2D eigenvalue weighted by Gasteiger charge is -1.86. The predicted molar refractivity (Wildman–Crippen MR) is 21.5 cm³/mol. The predicted octanol–water partition coefficient (Wildman–Crippen LogP) is -0.0299. The number of hydrogen-bond acceptors (Lipinski definition) is 1. The van der Waals surface area contributed by atoms with Crippen molar-refractivity contribution in [2.45, 2.75) is 0 Å². The molecular formula is CH4BO2P. The Morgan fingerprint density at radius 2 is 2.00 bits per heavy atom. The molecule has 0 fully saturated rings. The van der Waals surface area contributed by atoms with Crippen molar-refractivity contribution in [3.05, 3.63) is 0 Å². The van der Waals surface area contributed by atoms with Gasteiger partial charge in [-0.05, 0) is 0 Å². The highest BCUT2D eigenvalue weighted by Crippen LogP contribution is 2.25.